The number of ether oxygens (including phenoxy) is 1. The fourth-order valence-electron chi connectivity index (χ4n) is 2.19. The van der Waals surface area contributed by atoms with Crippen LogP contribution in [0.5, 0.6) is 0 Å². The second kappa shape index (κ2) is 10.8. The molecule has 0 saturated carbocycles. The second-order valence-electron chi connectivity index (χ2n) is 6.67. The zero-order valence-corrected chi connectivity index (χ0v) is 17.3. The maximum Gasteiger partial charge on any atom is 0.324 e. The summed E-state index contributed by atoms with van der Waals surface area (Å²) in [6.45, 7) is 4.63. The van der Waals surface area contributed by atoms with Gasteiger partial charge in [0.25, 0.3) is 5.91 Å². The van der Waals surface area contributed by atoms with E-state index in [1.807, 2.05) is 20.8 Å². The number of hydrogen-bond acceptors (Lipinski definition) is 6. The van der Waals surface area contributed by atoms with Crippen LogP contribution in [0.15, 0.2) is 29.2 Å². The summed E-state index contributed by atoms with van der Waals surface area (Å²) in [6.07, 6.45) is 0.198. The summed E-state index contributed by atoms with van der Waals surface area (Å²) in [7, 11) is -2.51. The van der Waals surface area contributed by atoms with E-state index in [1.54, 1.807) is 12.1 Å². The summed E-state index contributed by atoms with van der Waals surface area (Å²) in [4.78, 5) is 35.1. The van der Waals surface area contributed by atoms with Gasteiger partial charge in [-0.1, -0.05) is 31.5 Å². The summed E-state index contributed by atoms with van der Waals surface area (Å²) in [5, 5.41) is 4.61. The molecule has 0 saturated heterocycles. The van der Waals surface area contributed by atoms with Crippen molar-refractivity contribution >= 4 is 27.8 Å². The number of nitrogens with one attached hydrogen (secondary N) is 3. The first-order valence-electron chi connectivity index (χ1n) is 8.78. The highest BCUT2D eigenvalue weighted by Gasteiger charge is 2.28. The van der Waals surface area contributed by atoms with Gasteiger partial charge in [0, 0.05) is 7.05 Å². The molecular weight excluding hydrogens is 386 g/mol. The van der Waals surface area contributed by atoms with Crippen LogP contribution in [0.3, 0.4) is 0 Å². The van der Waals surface area contributed by atoms with Gasteiger partial charge < -0.3 is 15.4 Å². The number of esters is 1. The van der Waals surface area contributed by atoms with Crippen molar-refractivity contribution in [3.05, 3.63) is 29.8 Å². The number of hydrogen-bond donors (Lipinski definition) is 3. The van der Waals surface area contributed by atoms with Crippen molar-refractivity contribution in [2.24, 2.45) is 5.92 Å². The number of rotatable bonds is 10. The lowest BCUT2D eigenvalue weighted by Gasteiger charge is -2.19. The average Bonchev–Trinajstić information content (AvgIpc) is 2.63. The first-order valence-corrected chi connectivity index (χ1v) is 10.3. The molecule has 2 amide bonds. The molecule has 0 unspecified atom stereocenters. The number of amides is 2. The first kappa shape index (κ1) is 23.6. The van der Waals surface area contributed by atoms with Crippen molar-refractivity contribution in [3.63, 3.8) is 0 Å². The fraction of sp³-hybridized carbons (Fsp3) is 0.500. The van der Waals surface area contributed by atoms with Crippen molar-refractivity contribution in [3.8, 4) is 0 Å². The van der Waals surface area contributed by atoms with Crippen LogP contribution < -0.4 is 15.4 Å². The number of benzene rings is 1. The van der Waals surface area contributed by atoms with Crippen molar-refractivity contribution in [1.29, 1.82) is 0 Å². The molecule has 0 aliphatic heterocycles. The Bertz CT molecular complexity index is 790. The van der Waals surface area contributed by atoms with E-state index >= 15 is 0 Å². The van der Waals surface area contributed by atoms with E-state index in [2.05, 4.69) is 15.4 Å². The molecule has 3 N–H and O–H groups in total. The quantitative estimate of drug-likeness (QED) is 0.466. The van der Waals surface area contributed by atoms with Crippen molar-refractivity contribution in [2.45, 2.75) is 38.1 Å². The smallest absolute Gasteiger partial charge is 0.324 e. The van der Waals surface area contributed by atoms with Gasteiger partial charge in [-0.15, -0.1) is 0 Å². The summed E-state index contributed by atoms with van der Waals surface area (Å²) >= 11 is 0. The number of carbonyl (C=O) groups excluding carboxylic acids is 3. The minimum Gasteiger partial charge on any atom is -0.454 e. The molecule has 0 aromatic heterocycles. The Kier molecular flexibility index (Phi) is 9.07. The van der Waals surface area contributed by atoms with E-state index in [0.717, 1.165) is 5.56 Å². The van der Waals surface area contributed by atoms with Crippen LogP contribution in [0.1, 0.15) is 25.8 Å². The zero-order chi connectivity index (χ0) is 21.3. The molecule has 0 aliphatic rings. The van der Waals surface area contributed by atoms with E-state index < -0.39 is 40.5 Å². The number of sulfonamides is 1. The standard InChI is InChI=1S/C18H27N3O6S/c1-12(2)9-15(18(24)27-11-17(23)20-10-16(22)19-4)21-28(25,26)14-7-5-13(3)6-8-14/h5-8,12,15,21H,9-11H2,1-4H3,(H,19,22)(H,20,23)/t15-/m0/s1. The normalized spacial score (nSPS) is 12.3. The Morgan fingerprint density at radius 2 is 1.68 bits per heavy atom. The predicted octanol–water partition coefficient (Wildman–Crippen LogP) is 0.0934. The molecule has 0 bridgehead atoms. The van der Waals surface area contributed by atoms with E-state index in [-0.39, 0.29) is 23.8 Å². The third-order valence-corrected chi connectivity index (χ3v) is 5.18. The molecule has 28 heavy (non-hydrogen) atoms. The fourth-order valence-corrected chi connectivity index (χ4v) is 3.39. The monoisotopic (exact) mass is 413 g/mol. The zero-order valence-electron chi connectivity index (χ0n) is 16.4. The molecule has 9 nitrogen and oxygen atoms in total. The molecule has 0 aliphatic carbocycles. The van der Waals surface area contributed by atoms with Crippen LogP contribution in [-0.4, -0.2) is 52.4 Å². The molecule has 1 aromatic carbocycles. The SMILES string of the molecule is CNC(=O)CNC(=O)COC(=O)[C@H](CC(C)C)NS(=O)(=O)c1ccc(C)cc1. The third kappa shape index (κ3) is 8.05. The molecule has 156 valence electrons. The van der Waals surface area contributed by atoms with Crippen LogP contribution in [0.4, 0.5) is 0 Å². The Hall–Kier alpha value is -2.46. The van der Waals surface area contributed by atoms with Gasteiger partial charge in [-0.2, -0.15) is 4.72 Å². The molecule has 1 rings (SSSR count). The molecule has 0 fully saturated rings. The van der Waals surface area contributed by atoms with Gasteiger partial charge >= 0.3 is 5.97 Å². The van der Waals surface area contributed by atoms with Crippen LogP contribution in [0.2, 0.25) is 0 Å². The molecule has 1 atom stereocenters. The maximum absolute atomic E-state index is 12.5. The van der Waals surface area contributed by atoms with Gasteiger partial charge in [-0.3, -0.25) is 14.4 Å². The molecule has 10 heteroatoms. The molecular formula is C18H27N3O6S. The van der Waals surface area contributed by atoms with E-state index in [1.165, 1.54) is 19.2 Å². The number of carbonyl (C=O) groups is 3. The third-order valence-electron chi connectivity index (χ3n) is 3.69. The highest BCUT2D eigenvalue weighted by molar-refractivity contribution is 7.89. The highest BCUT2D eigenvalue weighted by atomic mass is 32.2. The Balaban J connectivity index is 2.75. The van der Waals surface area contributed by atoms with Crippen LogP contribution in [0.25, 0.3) is 0 Å². The Morgan fingerprint density at radius 3 is 2.21 bits per heavy atom. The topological polar surface area (TPSA) is 131 Å². The summed E-state index contributed by atoms with van der Waals surface area (Å²) < 4.78 is 32.4. The van der Waals surface area contributed by atoms with Gasteiger partial charge in [0.15, 0.2) is 6.61 Å². The summed E-state index contributed by atoms with van der Waals surface area (Å²) in [5.74, 6) is -1.93. The van der Waals surface area contributed by atoms with Gasteiger partial charge in [0.2, 0.25) is 15.9 Å². The van der Waals surface area contributed by atoms with Crippen molar-refractivity contribution in [1.82, 2.24) is 15.4 Å². The van der Waals surface area contributed by atoms with Crippen LogP contribution in [-0.2, 0) is 29.1 Å². The highest BCUT2D eigenvalue weighted by Crippen LogP contribution is 2.14. The van der Waals surface area contributed by atoms with Crippen LogP contribution >= 0.6 is 0 Å². The van der Waals surface area contributed by atoms with E-state index in [0.29, 0.717) is 0 Å². The second-order valence-corrected chi connectivity index (χ2v) is 8.39. The Morgan fingerprint density at radius 1 is 1.07 bits per heavy atom. The van der Waals surface area contributed by atoms with Crippen molar-refractivity contribution in [2.75, 3.05) is 20.2 Å². The molecule has 0 spiro atoms. The number of likely N-dealkylation sites (N-methyl/N-ethyl adjacent to an activating group) is 1. The minimum atomic E-state index is -3.93. The van der Waals surface area contributed by atoms with Crippen molar-refractivity contribution < 1.29 is 27.5 Å². The van der Waals surface area contributed by atoms with E-state index in [4.69, 9.17) is 4.74 Å². The summed E-state index contributed by atoms with van der Waals surface area (Å²) in [6, 6.07) is 5.06. The van der Waals surface area contributed by atoms with E-state index in [9.17, 15) is 22.8 Å². The Labute approximate surface area is 165 Å². The molecule has 1 aromatic rings. The lowest BCUT2D eigenvalue weighted by molar-refractivity contribution is -0.150. The van der Waals surface area contributed by atoms with Gasteiger partial charge in [-0.25, -0.2) is 8.42 Å². The minimum absolute atomic E-state index is 0.000319. The first-order chi connectivity index (χ1) is 13.0. The van der Waals surface area contributed by atoms with Gasteiger partial charge in [0.05, 0.1) is 11.4 Å². The number of aryl methyl sites for hydroxylation is 1. The largest absolute Gasteiger partial charge is 0.454 e. The maximum atomic E-state index is 12.5. The lowest BCUT2D eigenvalue weighted by atomic mass is 10.1. The van der Waals surface area contributed by atoms with Gasteiger partial charge in [-0.05, 0) is 31.4 Å². The average molecular weight is 413 g/mol. The van der Waals surface area contributed by atoms with Crippen LogP contribution in [0, 0.1) is 12.8 Å². The lowest BCUT2D eigenvalue weighted by Crippen LogP contribution is -2.44. The molecule has 0 radical (unpaired) electrons. The summed E-state index contributed by atoms with van der Waals surface area (Å²) in [5.41, 5.74) is 0.903. The molecule has 0 heterocycles. The van der Waals surface area contributed by atoms with Gasteiger partial charge in [0.1, 0.15) is 6.04 Å². The predicted molar refractivity (Wildman–Crippen MR) is 103 cm³/mol.